The number of carboxylic acid groups (broad SMARTS) is 1. The third-order valence-corrected chi connectivity index (χ3v) is 0.780. The van der Waals surface area contributed by atoms with Gasteiger partial charge in [-0.25, -0.2) is 14.2 Å². The summed E-state index contributed by atoms with van der Waals surface area (Å²) in [4.78, 5) is 35.1. The van der Waals surface area contributed by atoms with Gasteiger partial charge in [0.05, 0.1) is 0 Å². The third kappa shape index (κ3) is 8.25. The Hall–Kier alpha value is 0.350. The van der Waals surface area contributed by atoms with Crippen LogP contribution in [0.2, 0.25) is 0 Å². The summed E-state index contributed by atoms with van der Waals surface area (Å²) in [5.41, 5.74) is 0. The van der Waals surface area contributed by atoms with Crippen LogP contribution in [0, 0.1) is 0 Å². The molecular weight excluding hydrogens is 207 g/mol. The van der Waals surface area contributed by atoms with Crippen LogP contribution in [0.25, 0.3) is 0 Å². The number of carboxylic acids is 1. The average molecular weight is 212 g/mol. The Morgan fingerprint density at radius 2 is 1.64 bits per heavy atom. The van der Waals surface area contributed by atoms with Gasteiger partial charge >= 0.3 is 57.5 Å². The zero-order chi connectivity index (χ0) is 8.36. The van der Waals surface area contributed by atoms with Crippen molar-refractivity contribution in [1.82, 2.24) is 0 Å². The Labute approximate surface area is 90.6 Å². The molecule has 0 bridgehead atoms. The minimum absolute atomic E-state index is 0. The predicted octanol–water partition coefficient (Wildman–Crippen LogP) is -2.21. The molecule has 0 amide bonds. The molecule has 0 radical (unpaired) electrons. The molecule has 0 aliphatic rings. The quantitative estimate of drug-likeness (QED) is 0.256. The molecule has 9 heteroatoms. The molecule has 0 saturated carbocycles. The van der Waals surface area contributed by atoms with Crippen molar-refractivity contribution in [3.8, 4) is 0 Å². The first-order valence-corrected chi connectivity index (χ1v) is 3.38. The number of phosphoric ester groups is 1. The normalized spacial score (nSPS) is 9.64. The predicted molar refractivity (Wildman–Crippen MR) is 34.3 cm³/mol. The molecule has 0 aromatic rings. The van der Waals surface area contributed by atoms with Gasteiger partial charge in [-0.3, -0.25) is 9.79 Å². The van der Waals surface area contributed by atoms with Gasteiger partial charge in [0.15, 0.2) is 0 Å². The van der Waals surface area contributed by atoms with Crippen molar-refractivity contribution in [2.45, 2.75) is 0 Å². The molecule has 0 atom stereocenters. The Morgan fingerprint density at radius 3 is 1.73 bits per heavy atom. The van der Waals surface area contributed by atoms with E-state index in [2.05, 4.69) is 4.52 Å². The molecule has 0 aromatic carbocycles. The van der Waals surface area contributed by atoms with Crippen LogP contribution in [-0.4, -0.2) is 64.6 Å². The number of carbonyl (C=O) groups excluding carboxylic acids is 1. The van der Waals surface area contributed by atoms with E-state index in [1.54, 1.807) is 0 Å². The molecule has 0 spiro atoms. The van der Waals surface area contributed by atoms with Gasteiger partial charge in [-0.15, -0.1) is 0 Å². The van der Waals surface area contributed by atoms with Crippen molar-refractivity contribution in [1.29, 1.82) is 0 Å². The zero-order valence-electron chi connectivity index (χ0n) is 4.42. The Morgan fingerprint density at radius 1 is 1.27 bits per heavy atom. The molecular formula is C2H5CaO7P. The summed E-state index contributed by atoms with van der Waals surface area (Å²) in [6.45, 7) is 0. The van der Waals surface area contributed by atoms with E-state index in [1.165, 1.54) is 0 Å². The van der Waals surface area contributed by atoms with E-state index in [0.717, 1.165) is 0 Å². The maximum atomic E-state index is 9.84. The molecule has 0 fully saturated rings. The third-order valence-electron chi connectivity index (χ3n) is 0.376. The summed E-state index contributed by atoms with van der Waals surface area (Å²) < 4.78 is 12.9. The van der Waals surface area contributed by atoms with Gasteiger partial charge in [0.25, 0.3) is 0 Å². The monoisotopic (exact) mass is 212 g/mol. The van der Waals surface area contributed by atoms with E-state index in [-0.39, 0.29) is 37.7 Å². The van der Waals surface area contributed by atoms with Gasteiger partial charge in [0, 0.05) is 0 Å². The van der Waals surface area contributed by atoms with Crippen molar-refractivity contribution in [2.24, 2.45) is 0 Å². The van der Waals surface area contributed by atoms with Gasteiger partial charge in [-0.1, -0.05) is 0 Å². The second-order valence-electron chi connectivity index (χ2n) is 1.17. The summed E-state index contributed by atoms with van der Waals surface area (Å²) >= 11 is 0. The fraction of sp³-hybridized carbons (Fsp3) is 0. The van der Waals surface area contributed by atoms with Gasteiger partial charge in [0.1, 0.15) is 0 Å². The van der Waals surface area contributed by atoms with Crippen LogP contribution >= 0.6 is 7.82 Å². The molecule has 0 unspecified atom stereocenters. The molecule has 0 saturated heterocycles. The summed E-state index contributed by atoms with van der Waals surface area (Å²) in [5.74, 6) is -4.03. The van der Waals surface area contributed by atoms with Crippen molar-refractivity contribution in [3.05, 3.63) is 0 Å². The van der Waals surface area contributed by atoms with E-state index >= 15 is 0 Å². The first kappa shape index (κ1) is 13.9. The summed E-state index contributed by atoms with van der Waals surface area (Å²) in [7, 11) is -5.01. The molecule has 7 nitrogen and oxygen atoms in total. The van der Waals surface area contributed by atoms with Gasteiger partial charge in [-0.05, 0) is 0 Å². The van der Waals surface area contributed by atoms with Crippen molar-refractivity contribution >= 4 is 57.5 Å². The van der Waals surface area contributed by atoms with Crippen molar-refractivity contribution < 1.29 is 33.6 Å². The first-order valence-electron chi connectivity index (χ1n) is 1.85. The second kappa shape index (κ2) is 5.08. The number of carbonyl (C=O) groups is 2. The van der Waals surface area contributed by atoms with E-state index < -0.39 is 19.8 Å². The fourth-order valence-electron chi connectivity index (χ4n) is 0.147. The first-order chi connectivity index (χ1) is 4.33. The Balaban J connectivity index is 0. The molecule has 0 rings (SSSR count). The average Bonchev–Trinajstić information content (AvgIpc) is 1.60. The van der Waals surface area contributed by atoms with Crippen LogP contribution in [0.4, 0.5) is 0 Å². The number of hydrogen-bond donors (Lipinski definition) is 3. The van der Waals surface area contributed by atoms with Crippen LogP contribution in [0.15, 0.2) is 0 Å². The molecule has 0 aromatic heterocycles. The zero-order valence-corrected chi connectivity index (χ0v) is 5.32. The number of hydrogen-bond acceptors (Lipinski definition) is 4. The van der Waals surface area contributed by atoms with Crippen LogP contribution in [0.1, 0.15) is 0 Å². The van der Waals surface area contributed by atoms with Crippen LogP contribution in [0.3, 0.4) is 0 Å². The number of phosphoric acid groups is 1. The fourth-order valence-corrected chi connectivity index (χ4v) is 0.441. The number of rotatable bonds is 1. The topological polar surface area (TPSA) is 121 Å². The molecule has 0 aliphatic heterocycles. The summed E-state index contributed by atoms with van der Waals surface area (Å²) in [6, 6.07) is 0. The SMILES string of the molecule is O=C(O)C(=O)OP(=O)(O)O.[CaH2]. The summed E-state index contributed by atoms with van der Waals surface area (Å²) in [6.07, 6.45) is 0. The van der Waals surface area contributed by atoms with Crippen LogP contribution < -0.4 is 0 Å². The van der Waals surface area contributed by atoms with Gasteiger partial charge in [0.2, 0.25) is 0 Å². The van der Waals surface area contributed by atoms with Crippen LogP contribution in [0.5, 0.6) is 0 Å². The van der Waals surface area contributed by atoms with Gasteiger partial charge in [-0.2, -0.15) is 0 Å². The Bertz CT molecular complexity index is 204. The second-order valence-corrected chi connectivity index (χ2v) is 2.34. The van der Waals surface area contributed by atoms with Crippen molar-refractivity contribution in [3.63, 3.8) is 0 Å². The standard InChI is InChI=1S/C2H3O7P.Ca.2H/c3-1(4)2(5)9-10(6,7)8;;;/h(H,3,4)(H2,6,7,8);;;. The Kier molecular flexibility index (Phi) is 6.42. The van der Waals surface area contributed by atoms with E-state index in [1.807, 2.05) is 0 Å². The van der Waals surface area contributed by atoms with E-state index in [9.17, 15) is 14.2 Å². The molecule has 0 heterocycles. The molecule has 62 valence electrons. The summed E-state index contributed by atoms with van der Waals surface area (Å²) in [5, 5.41) is 7.73. The number of aliphatic carboxylic acids is 1. The van der Waals surface area contributed by atoms with Crippen molar-refractivity contribution in [2.75, 3.05) is 0 Å². The van der Waals surface area contributed by atoms with Gasteiger partial charge < -0.3 is 9.63 Å². The molecule has 3 N–H and O–H groups in total. The van der Waals surface area contributed by atoms with Crippen LogP contribution in [-0.2, 0) is 18.7 Å². The molecule has 11 heavy (non-hydrogen) atoms. The molecule has 0 aliphatic carbocycles. The maximum absolute atomic E-state index is 9.84. The van der Waals surface area contributed by atoms with E-state index in [4.69, 9.17) is 14.9 Å². The minimum atomic E-state index is -5.01. The van der Waals surface area contributed by atoms with E-state index in [0.29, 0.717) is 0 Å².